The standard InChI is InChI=1S/C29H37N3O2S/c1-29(2,3)21-9-10-22-23(18-21)35-28-26(22)27(34)30-24(31-28)11-12-25(33)32-15-13-20(14-16-32)17-19-7-5-4-6-8-19/h4-8,20-21H,9-18H2,1-3H3,(H,30,31,34)/t21-/m1/s1. The zero-order valence-corrected chi connectivity index (χ0v) is 22.0. The molecule has 5 rings (SSSR count). The van der Waals surface area contributed by atoms with Crippen LogP contribution in [0.25, 0.3) is 10.2 Å². The number of hydrogen-bond donors (Lipinski definition) is 1. The number of rotatable bonds is 5. The lowest BCUT2D eigenvalue weighted by molar-refractivity contribution is -0.132. The van der Waals surface area contributed by atoms with Gasteiger partial charge in [0.1, 0.15) is 10.7 Å². The Morgan fingerprint density at radius 2 is 1.89 bits per heavy atom. The van der Waals surface area contributed by atoms with Gasteiger partial charge >= 0.3 is 0 Å². The number of hydrogen-bond acceptors (Lipinski definition) is 4. The van der Waals surface area contributed by atoms with E-state index in [1.54, 1.807) is 11.3 Å². The molecule has 1 atom stereocenters. The summed E-state index contributed by atoms with van der Waals surface area (Å²) in [6.07, 6.45) is 7.20. The van der Waals surface area contributed by atoms with E-state index in [0.717, 1.165) is 61.8 Å². The van der Waals surface area contributed by atoms with Crippen molar-refractivity contribution in [1.29, 1.82) is 0 Å². The zero-order chi connectivity index (χ0) is 24.6. The highest BCUT2D eigenvalue weighted by Crippen LogP contribution is 2.42. The first-order chi connectivity index (χ1) is 16.8. The fraction of sp³-hybridized carbons (Fsp3) is 0.552. The summed E-state index contributed by atoms with van der Waals surface area (Å²) < 4.78 is 0. The van der Waals surface area contributed by atoms with E-state index in [9.17, 15) is 9.59 Å². The molecular formula is C29H37N3O2S. The van der Waals surface area contributed by atoms with Crippen LogP contribution in [-0.4, -0.2) is 33.9 Å². The van der Waals surface area contributed by atoms with Gasteiger partial charge in [0.25, 0.3) is 5.56 Å². The Balaban J connectivity index is 1.19. The molecule has 3 heterocycles. The van der Waals surface area contributed by atoms with Crippen molar-refractivity contribution in [2.45, 2.75) is 72.1 Å². The van der Waals surface area contributed by atoms with Gasteiger partial charge in [-0.2, -0.15) is 0 Å². The van der Waals surface area contributed by atoms with Gasteiger partial charge in [-0.3, -0.25) is 9.59 Å². The third kappa shape index (κ3) is 5.37. The van der Waals surface area contributed by atoms with Crippen molar-refractivity contribution in [3.8, 4) is 0 Å². The molecule has 2 aliphatic rings. The van der Waals surface area contributed by atoms with Gasteiger partial charge in [0, 0.05) is 30.8 Å². The van der Waals surface area contributed by atoms with Crippen molar-refractivity contribution < 1.29 is 4.79 Å². The van der Waals surface area contributed by atoms with Crippen LogP contribution in [0.4, 0.5) is 0 Å². The third-order valence-electron chi connectivity index (χ3n) is 8.10. The van der Waals surface area contributed by atoms with E-state index in [4.69, 9.17) is 4.98 Å². The van der Waals surface area contributed by atoms with E-state index in [1.807, 2.05) is 4.90 Å². The Labute approximate surface area is 212 Å². The molecule has 1 aliphatic carbocycles. The SMILES string of the molecule is CC(C)(C)[C@@H]1CCc2c(sc3nc(CCC(=O)N4CCC(Cc5ccccc5)CC4)[nH]c(=O)c23)C1. The number of nitrogens with one attached hydrogen (secondary N) is 1. The van der Waals surface area contributed by atoms with Crippen LogP contribution in [0.2, 0.25) is 0 Å². The molecule has 1 fully saturated rings. The fourth-order valence-corrected chi connectivity index (χ4v) is 7.12. The number of aromatic nitrogens is 2. The topological polar surface area (TPSA) is 66.1 Å². The molecule has 1 aliphatic heterocycles. The molecule has 1 aromatic carbocycles. The van der Waals surface area contributed by atoms with Crippen molar-refractivity contribution in [3.05, 3.63) is 62.5 Å². The molecular weight excluding hydrogens is 454 g/mol. The smallest absolute Gasteiger partial charge is 0.259 e. The van der Waals surface area contributed by atoms with Crippen LogP contribution >= 0.6 is 11.3 Å². The molecule has 186 valence electrons. The summed E-state index contributed by atoms with van der Waals surface area (Å²) in [5.74, 6) is 2.09. The van der Waals surface area contributed by atoms with Crippen LogP contribution < -0.4 is 5.56 Å². The van der Waals surface area contributed by atoms with E-state index in [2.05, 4.69) is 56.1 Å². The van der Waals surface area contributed by atoms with Crippen LogP contribution in [-0.2, 0) is 30.5 Å². The van der Waals surface area contributed by atoms with Crippen LogP contribution in [0.15, 0.2) is 35.1 Å². The number of aromatic amines is 1. The van der Waals surface area contributed by atoms with Gasteiger partial charge < -0.3 is 9.88 Å². The maximum absolute atomic E-state index is 13.0. The van der Waals surface area contributed by atoms with Gasteiger partial charge in [-0.15, -0.1) is 11.3 Å². The van der Waals surface area contributed by atoms with Gasteiger partial charge in [0.05, 0.1) is 5.39 Å². The number of carbonyl (C=O) groups excluding carboxylic acids is 1. The molecule has 0 spiro atoms. The van der Waals surface area contributed by atoms with Crippen molar-refractivity contribution >= 4 is 27.5 Å². The van der Waals surface area contributed by atoms with Gasteiger partial charge in [0.2, 0.25) is 5.91 Å². The quantitative estimate of drug-likeness (QED) is 0.509. The number of nitrogens with zero attached hydrogens (tertiary/aromatic N) is 2. The lowest BCUT2D eigenvalue weighted by atomic mass is 9.72. The summed E-state index contributed by atoms with van der Waals surface area (Å²) in [6.45, 7) is 8.57. The molecule has 0 saturated carbocycles. The number of benzene rings is 1. The van der Waals surface area contributed by atoms with Crippen LogP contribution in [0.1, 0.15) is 68.3 Å². The average molecular weight is 492 g/mol. The first-order valence-corrected chi connectivity index (χ1v) is 13.9. The van der Waals surface area contributed by atoms with Crippen LogP contribution in [0.3, 0.4) is 0 Å². The lowest BCUT2D eigenvalue weighted by Crippen LogP contribution is -2.39. The molecule has 2 aromatic heterocycles. The van der Waals surface area contributed by atoms with Crippen molar-refractivity contribution in [2.75, 3.05) is 13.1 Å². The molecule has 1 N–H and O–H groups in total. The van der Waals surface area contributed by atoms with Gasteiger partial charge in [-0.25, -0.2) is 4.98 Å². The Kier molecular flexibility index (Phi) is 6.84. The first-order valence-electron chi connectivity index (χ1n) is 13.1. The molecule has 3 aromatic rings. The van der Waals surface area contributed by atoms with E-state index >= 15 is 0 Å². The average Bonchev–Trinajstić information content (AvgIpc) is 3.21. The van der Waals surface area contributed by atoms with E-state index < -0.39 is 0 Å². The summed E-state index contributed by atoms with van der Waals surface area (Å²) in [6, 6.07) is 10.6. The minimum Gasteiger partial charge on any atom is -0.343 e. The summed E-state index contributed by atoms with van der Waals surface area (Å²) in [7, 11) is 0. The maximum Gasteiger partial charge on any atom is 0.259 e. The number of carbonyl (C=O) groups is 1. The molecule has 0 radical (unpaired) electrons. The number of aryl methyl sites for hydroxylation is 2. The number of fused-ring (bicyclic) bond motifs is 3. The Bertz CT molecular complexity index is 1250. The Hall–Kier alpha value is -2.47. The second kappa shape index (κ2) is 9.88. The van der Waals surface area contributed by atoms with Crippen LogP contribution in [0, 0.1) is 17.3 Å². The number of H-pyrrole nitrogens is 1. The molecule has 5 nitrogen and oxygen atoms in total. The second-order valence-electron chi connectivity index (χ2n) is 11.5. The Morgan fingerprint density at radius 1 is 1.14 bits per heavy atom. The molecule has 0 unspecified atom stereocenters. The maximum atomic E-state index is 13.0. The largest absolute Gasteiger partial charge is 0.343 e. The molecule has 0 bridgehead atoms. The summed E-state index contributed by atoms with van der Waals surface area (Å²) >= 11 is 1.68. The minimum atomic E-state index is -0.0362. The van der Waals surface area contributed by atoms with Crippen molar-refractivity contribution in [2.24, 2.45) is 17.3 Å². The minimum absolute atomic E-state index is 0.0362. The second-order valence-corrected chi connectivity index (χ2v) is 12.6. The fourth-order valence-electron chi connectivity index (χ4n) is 5.80. The zero-order valence-electron chi connectivity index (χ0n) is 21.2. The molecule has 1 saturated heterocycles. The van der Waals surface area contributed by atoms with Gasteiger partial charge in [0.15, 0.2) is 0 Å². The monoisotopic (exact) mass is 491 g/mol. The third-order valence-corrected chi connectivity index (χ3v) is 9.25. The number of piperidine rings is 1. The predicted molar refractivity (Wildman–Crippen MR) is 143 cm³/mol. The molecule has 6 heteroatoms. The van der Waals surface area contributed by atoms with Crippen molar-refractivity contribution in [3.63, 3.8) is 0 Å². The van der Waals surface area contributed by atoms with Gasteiger partial charge in [-0.1, -0.05) is 51.1 Å². The number of likely N-dealkylation sites (tertiary alicyclic amines) is 1. The normalized spacial score (nSPS) is 19.2. The first kappa shape index (κ1) is 24.2. The Morgan fingerprint density at radius 3 is 2.60 bits per heavy atom. The number of thiophene rings is 1. The summed E-state index contributed by atoms with van der Waals surface area (Å²) in [4.78, 5) is 37.8. The summed E-state index contributed by atoms with van der Waals surface area (Å²) in [5, 5.41) is 0.785. The van der Waals surface area contributed by atoms with Gasteiger partial charge in [-0.05, 0) is 66.9 Å². The molecule has 35 heavy (non-hydrogen) atoms. The number of amides is 1. The lowest BCUT2D eigenvalue weighted by Gasteiger charge is -2.33. The highest BCUT2D eigenvalue weighted by atomic mass is 32.1. The van der Waals surface area contributed by atoms with E-state index in [1.165, 1.54) is 16.0 Å². The highest BCUT2D eigenvalue weighted by molar-refractivity contribution is 7.18. The highest BCUT2D eigenvalue weighted by Gasteiger charge is 2.31. The van der Waals surface area contributed by atoms with E-state index in [0.29, 0.717) is 30.5 Å². The van der Waals surface area contributed by atoms with E-state index in [-0.39, 0.29) is 16.9 Å². The molecule has 1 amide bonds. The van der Waals surface area contributed by atoms with Crippen LogP contribution in [0.5, 0.6) is 0 Å². The summed E-state index contributed by atoms with van der Waals surface area (Å²) in [5.41, 5.74) is 2.83. The van der Waals surface area contributed by atoms with Crippen molar-refractivity contribution in [1.82, 2.24) is 14.9 Å². The predicted octanol–water partition coefficient (Wildman–Crippen LogP) is 5.55.